The predicted molar refractivity (Wildman–Crippen MR) is 79.0 cm³/mol. The molecule has 2 atom stereocenters. The first-order valence-corrected chi connectivity index (χ1v) is 6.85. The van der Waals surface area contributed by atoms with Gasteiger partial charge in [-0.25, -0.2) is 0 Å². The van der Waals surface area contributed by atoms with Crippen LogP contribution in [0.5, 0.6) is 0 Å². The van der Waals surface area contributed by atoms with Crippen molar-refractivity contribution in [1.82, 2.24) is 4.90 Å². The number of carbonyl (C=O) groups excluding carboxylic acids is 1. The zero-order valence-corrected chi connectivity index (χ0v) is 11.9. The number of hydrogen-bond donors (Lipinski definition) is 2. The Labute approximate surface area is 115 Å². The zero-order chi connectivity index (χ0) is 14.0. The molecule has 4 nitrogen and oxygen atoms in total. The van der Waals surface area contributed by atoms with Gasteiger partial charge in [0.25, 0.3) is 0 Å². The van der Waals surface area contributed by atoms with Crippen molar-refractivity contribution in [2.75, 3.05) is 24.1 Å². The average molecular weight is 261 g/mol. The Kier molecular flexibility index (Phi) is 4.10. The Morgan fingerprint density at radius 1 is 1.47 bits per heavy atom. The summed E-state index contributed by atoms with van der Waals surface area (Å²) in [5.74, 6) is 0.710. The lowest BCUT2D eigenvalue weighted by atomic mass is 10.1. The molecule has 2 unspecified atom stereocenters. The molecule has 1 aliphatic heterocycles. The van der Waals surface area contributed by atoms with Gasteiger partial charge in [-0.3, -0.25) is 9.69 Å². The van der Waals surface area contributed by atoms with E-state index in [1.807, 2.05) is 25.1 Å². The Morgan fingerprint density at radius 3 is 2.79 bits per heavy atom. The number of nitrogen functional groups attached to an aromatic ring is 1. The van der Waals surface area contributed by atoms with Crippen LogP contribution in [0.25, 0.3) is 0 Å². The van der Waals surface area contributed by atoms with Crippen LogP contribution < -0.4 is 11.1 Å². The summed E-state index contributed by atoms with van der Waals surface area (Å²) in [6.45, 7) is 7.83. The van der Waals surface area contributed by atoms with Gasteiger partial charge in [0.05, 0.1) is 6.54 Å². The number of hydrogen-bond acceptors (Lipinski definition) is 3. The second-order valence-corrected chi connectivity index (χ2v) is 5.74. The third kappa shape index (κ3) is 3.47. The van der Waals surface area contributed by atoms with E-state index in [1.165, 1.54) is 6.42 Å². The lowest BCUT2D eigenvalue weighted by molar-refractivity contribution is -0.117. The van der Waals surface area contributed by atoms with Gasteiger partial charge in [-0.15, -0.1) is 0 Å². The molecule has 0 spiro atoms. The molecule has 1 aromatic rings. The molecule has 4 heteroatoms. The summed E-state index contributed by atoms with van der Waals surface area (Å²) in [4.78, 5) is 14.3. The fourth-order valence-electron chi connectivity index (χ4n) is 2.71. The van der Waals surface area contributed by atoms with Gasteiger partial charge < -0.3 is 11.1 Å². The van der Waals surface area contributed by atoms with E-state index in [9.17, 15) is 4.79 Å². The molecule has 0 saturated carbocycles. The fourth-order valence-corrected chi connectivity index (χ4v) is 2.71. The fraction of sp³-hybridized carbons (Fsp3) is 0.533. The summed E-state index contributed by atoms with van der Waals surface area (Å²) in [6, 6.07) is 6.11. The van der Waals surface area contributed by atoms with Gasteiger partial charge in [0.1, 0.15) is 0 Å². The van der Waals surface area contributed by atoms with Crippen molar-refractivity contribution in [3.63, 3.8) is 0 Å². The van der Waals surface area contributed by atoms with E-state index in [1.54, 1.807) is 0 Å². The van der Waals surface area contributed by atoms with Crippen LogP contribution in [0.3, 0.4) is 0 Å². The molecule has 0 bridgehead atoms. The van der Waals surface area contributed by atoms with Crippen LogP contribution >= 0.6 is 0 Å². The molecule has 2 rings (SSSR count). The third-order valence-corrected chi connectivity index (χ3v) is 3.82. The summed E-state index contributed by atoms with van der Waals surface area (Å²) >= 11 is 0. The zero-order valence-electron chi connectivity index (χ0n) is 11.9. The first-order valence-electron chi connectivity index (χ1n) is 6.85. The number of benzene rings is 1. The van der Waals surface area contributed by atoms with Crippen molar-refractivity contribution < 1.29 is 4.79 Å². The number of aryl methyl sites for hydroxylation is 1. The molecule has 0 aromatic heterocycles. The average Bonchev–Trinajstić information content (AvgIpc) is 2.62. The molecule has 0 radical (unpaired) electrons. The number of nitrogens with one attached hydrogen (secondary N) is 1. The number of rotatable bonds is 3. The van der Waals surface area contributed by atoms with Crippen molar-refractivity contribution in [2.45, 2.75) is 33.2 Å². The van der Waals surface area contributed by atoms with Gasteiger partial charge in [0.15, 0.2) is 0 Å². The quantitative estimate of drug-likeness (QED) is 0.820. The number of likely N-dealkylation sites (tertiary alicyclic amines) is 1. The highest BCUT2D eigenvalue weighted by Crippen LogP contribution is 2.22. The molecule has 1 aliphatic rings. The van der Waals surface area contributed by atoms with Crippen molar-refractivity contribution >= 4 is 17.3 Å². The maximum Gasteiger partial charge on any atom is 0.238 e. The van der Waals surface area contributed by atoms with E-state index in [-0.39, 0.29) is 5.91 Å². The topological polar surface area (TPSA) is 58.4 Å². The first-order chi connectivity index (χ1) is 8.95. The third-order valence-electron chi connectivity index (χ3n) is 3.82. The van der Waals surface area contributed by atoms with E-state index in [2.05, 4.69) is 24.1 Å². The molecule has 3 N–H and O–H groups in total. The maximum absolute atomic E-state index is 12.0. The van der Waals surface area contributed by atoms with Crippen LogP contribution in [-0.4, -0.2) is 29.9 Å². The Balaban J connectivity index is 1.92. The van der Waals surface area contributed by atoms with Crippen LogP contribution in [-0.2, 0) is 4.79 Å². The normalized spacial score (nSPS) is 23.5. The van der Waals surface area contributed by atoms with E-state index < -0.39 is 0 Å². The van der Waals surface area contributed by atoms with Gasteiger partial charge >= 0.3 is 0 Å². The van der Waals surface area contributed by atoms with E-state index in [0.29, 0.717) is 24.2 Å². The summed E-state index contributed by atoms with van der Waals surface area (Å²) in [7, 11) is 0. The molecule has 19 heavy (non-hydrogen) atoms. The highest BCUT2D eigenvalue weighted by molar-refractivity contribution is 5.92. The maximum atomic E-state index is 12.0. The van der Waals surface area contributed by atoms with E-state index in [0.717, 1.165) is 17.8 Å². The SMILES string of the molecule is Cc1ccc(NC(=O)CN2CC(C)CC2C)cc1N. The lowest BCUT2D eigenvalue weighted by Gasteiger charge is -2.20. The van der Waals surface area contributed by atoms with Gasteiger partial charge in [-0.2, -0.15) is 0 Å². The second kappa shape index (κ2) is 5.61. The molecule has 1 fully saturated rings. The van der Waals surface area contributed by atoms with Gasteiger partial charge in [0, 0.05) is 24.0 Å². The van der Waals surface area contributed by atoms with Gasteiger partial charge in [0.2, 0.25) is 5.91 Å². The predicted octanol–water partition coefficient (Wildman–Crippen LogP) is 2.25. The molecular weight excluding hydrogens is 238 g/mol. The van der Waals surface area contributed by atoms with Crippen LogP contribution in [0, 0.1) is 12.8 Å². The molecule has 1 amide bonds. The highest BCUT2D eigenvalue weighted by Gasteiger charge is 2.27. The molecule has 104 valence electrons. The summed E-state index contributed by atoms with van der Waals surface area (Å²) in [5, 5.41) is 2.91. The number of nitrogens with zero attached hydrogens (tertiary/aromatic N) is 1. The minimum atomic E-state index is 0.0317. The second-order valence-electron chi connectivity index (χ2n) is 5.74. The van der Waals surface area contributed by atoms with Gasteiger partial charge in [-0.1, -0.05) is 13.0 Å². The lowest BCUT2D eigenvalue weighted by Crippen LogP contribution is -2.35. The summed E-state index contributed by atoms with van der Waals surface area (Å²) < 4.78 is 0. The highest BCUT2D eigenvalue weighted by atomic mass is 16.2. The Morgan fingerprint density at radius 2 is 2.21 bits per heavy atom. The van der Waals surface area contributed by atoms with Crippen molar-refractivity contribution in [2.24, 2.45) is 5.92 Å². The summed E-state index contributed by atoms with van der Waals surface area (Å²) in [6.07, 6.45) is 1.17. The molecular formula is C15H23N3O. The van der Waals surface area contributed by atoms with Crippen LogP contribution in [0.2, 0.25) is 0 Å². The van der Waals surface area contributed by atoms with Crippen molar-refractivity contribution in [1.29, 1.82) is 0 Å². The molecule has 1 aromatic carbocycles. The van der Waals surface area contributed by atoms with Crippen molar-refractivity contribution in [3.05, 3.63) is 23.8 Å². The number of carbonyl (C=O) groups is 1. The summed E-state index contributed by atoms with van der Waals surface area (Å²) in [5.41, 5.74) is 8.35. The van der Waals surface area contributed by atoms with Crippen LogP contribution in [0.4, 0.5) is 11.4 Å². The Bertz CT molecular complexity index is 472. The standard InChI is InChI=1S/C15H23N3O/c1-10-6-12(3)18(8-10)9-15(19)17-13-5-4-11(2)14(16)7-13/h4-5,7,10,12H,6,8-9,16H2,1-3H3,(H,17,19). The van der Waals surface area contributed by atoms with E-state index in [4.69, 9.17) is 5.73 Å². The molecule has 1 saturated heterocycles. The smallest absolute Gasteiger partial charge is 0.238 e. The monoisotopic (exact) mass is 261 g/mol. The minimum absolute atomic E-state index is 0.0317. The van der Waals surface area contributed by atoms with Crippen LogP contribution in [0.1, 0.15) is 25.8 Å². The largest absolute Gasteiger partial charge is 0.398 e. The van der Waals surface area contributed by atoms with E-state index >= 15 is 0 Å². The number of amides is 1. The van der Waals surface area contributed by atoms with Crippen LogP contribution in [0.15, 0.2) is 18.2 Å². The molecule has 1 heterocycles. The minimum Gasteiger partial charge on any atom is -0.398 e. The number of nitrogens with two attached hydrogens (primary N) is 1. The van der Waals surface area contributed by atoms with Gasteiger partial charge in [-0.05, 0) is 43.9 Å². The number of anilines is 2. The molecule has 0 aliphatic carbocycles. The first kappa shape index (κ1) is 13.9. The van der Waals surface area contributed by atoms with Crippen molar-refractivity contribution in [3.8, 4) is 0 Å². The Hall–Kier alpha value is -1.55.